The minimum absolute atomic E-state index is 0.155. The van der Waals surface area contributed by atoms with E-state index in [1.54, 1.807) is 7.11 Å². The predicted molar refractivity (Wildman–Crippen MR) is 113 cm³/mol. The van der Waals surface area contributed by atoms with E-state index in [9.17, 15) is 4.39 Å². The molecule has 0 bridgehead atoms. The van der Waals surface area contributed by atoms with Gasteiger partial charge in [-0.05, 0) is 61.0 Å². The fourth-order valence-electron chi connectivity index (χ4n) is 2.97. The molecule has 0 aliphatic rings. The van der Waals surface area contributed by atoms with E-state index in [4.69, 9.17) is 13.9 Å². The number of hydrogen-bond donors (Lipinski definition) is 0. The second-order valence-corrected chi connectivity index (χ2v) is 10.2. The van der Waals surface area contributed by atoms with Gasteiger partial charge in [0.1, 0.15) is 12.4 Å². The standard InChI is InChI=1S/C21H25FO3SSi/c1-14-11-16(24-10-9-23-2)6-7-17(14)20-18-12-15(13-25-27(3)4)5-8-19(18)26-21(20)22/h5-8,11-12,27H,9-10,13H2,1-4H3. The van der Waals surface area contributed by atoms with Gasteiger partial charge in [0.2, 0.25) is 0 Å². The van der Waals surface area contributed by atoms with Gasteiger partial charge in [-0.25, -0.2) is 0 Å². The first-order valence-corrected chi connectivity index (χ1v) is 12.6. The Morgan fingerprint density at radius 2 is 1.89 bits per heavy atom. The molecule has 6 heteroatoms. The van der Waals surface area contributed by atoms with Crippen molar-refractivity contribution in [1.29, 1.82) is 0 Å². The molecule has 27 heavy (non-hydrogen) atoms. The molecule has 2 aromatic carbocycles. The van der Waals surface area contributed by atoms with Crippen molar-refractivity contribution in [2.75, 3.05) is 20.3 Å². The Balaban J connectivity index is 1.95. The average molecular weight is 405 g/mol. The van der Waals surface area contributed by atoms with E-state index in [-0.39, 0.29) is 5.13 Å². The Labute approximate surface area is 165 Å². The molecule has 0 radical (unpaired) electrons. The van der Waals surface area contributed by atoms with Crippen LogP contribution in [-0.4, -0.2) is 29.4 Å². The molecule has 0 atom stereocenters. The van der Waals surface area contributed by atoms with Crippen molar-refractivity contribution in [3.8, 4) is 16.9 Å². The van der Waals surface area contributed by atoms with Gasteiger partial charge in [0.25, 0.3) is 0 Å². The smallest absolute Gasteiger partial charge is 0.185 e. The van der Waals surface area contributed by atoms with E-state index in [1.807, 2.05) is 37.3 Å². The lowest BCUT2D eigenvalue weighted by Gasteiger charge is -2.11. The number of ether oxygens (including phenoxy) is 2. The molecule has 1 aromatic heterocycles. The summed E-state index contributed by atoms with van der Waals surface area (Å²) in [6, 6.07) is 11.8. The van der Waals surface area contributed by atoms with Gasteiger partial charge in [-0.15, -0.1) is 11.3 Å². The molecule has 0 fully saturated rings. The van der Waals surface area contributed by atoms with Crippen LogP contribution in [0.2, 0.25) is 13.1 Å². The van der Waals surface area contributed by atoms with Gasteiger partial charge >= 0.3 is 0 Å². The van der Waals surface area contributed by atoms with E-state index < -0.39 is 9.04 Å². The quantitative estimate of drug-likeness (QED) is 0.364. The zero-order valence-electron chi connectivity index (χ0n) is 16.2. The van der Waals surface area contributed by atoms with Crippen LogP contribution in [0.4, 0.5) is 4.39 Å². The molecule has 0 N–H and O–H groups in total. The fraction of sp³-hybridized carbons (Fsp3) is 0.333. The zero-order chi connectivity index (χ0) is 19.4. The number of hydrogen-bond acceptors (Lipinski definition) is 4. The number of rotatable bonds is 8. The van der Waals surface area contributed by atoms with E-state index in [2.05, 4.69) is 19.2 Å². The summed E-state index contributed by atoms with van der Waals surface area (Å²) in [5.41, 5.74) is 3.63. The minimum atomic E-state index is -1.09. The van der Waals surface area contributed by atoms with Crippen LogP contribution in [0.5, 0.6) is 5.75 Å². The summed E-state index contributed by atoms with van der Waals surface area (Å²) in [6.45, 7) is 7.89. The van der Waals surface area contributed by atoms with E-state index >= 15 is 0 Å². The molecule has 3 aromatic rings. The van der Waals surface area contributed by atoms with Crippen LogP contribution in [0, 0.1) is 12.1 Å². The second-order valence-electron chi connectivity index (χ2n) is 6.76. The Morgan fingerprint density at radius 1 is 1.07 bits per heavy atom. The molecular weight excluding hydrogens is 379 g/mol. The molecule has 3 rings (SSSR count). The van der Waals surface area contributed by atoms with Gasteiger partial charge in [-0.3, -0.25) is 0 Å². The third-order valence-corrected chi connectivity index (χ3v) is 6.11. The molecule has 0 aliphatic carbocycles. The molecule has 144 valence electrons. The van der Waals surface area contributed by atoms with Gasteiger partial charge in [-0.2, -0.15) is 4.39 Å². The van der Waals surface area contributed by atoms with E-state index in [0.717, 1.165) is 32.5 Å². The molecule has 0 saturated heterocycles. The predicted octanol–water partition coefficient (Wildman–Crippen LogP) is 5.54. The third-order valence-electron chi connectivity index (χ3n) is 4.32. The summed E-state index contributed by atoms with van der Waals surface area (Å²) in [7, 11) is 0.554. The van der Waals surface area contributed by atoms with Gasteiger partial charge in [0.15, 0.2) is 14.2 Å². The summed E-state index contributed by atoms with van der Waals surface area (Å²) < 4.78 is 32.3. The summed E-state index contributed by atoms with van der Waals surface area (Å²) in [5.74, 6) is 0.768. The largest absolute Gasteiger partial charge is 0.491 e. The lowest BCUT2D eigenvalue weighted by atomic mass is 9.98. The van der Waals surface area contributed by atoms with Crippen molar-refractivity contribution >= 4 is 30.5 Å². The van der Waals surface area contributed by atoms with Crippen molar-refractivity contribution in [2.45, 2.75) is 26.6 Å². The highest BCUT2D eigenvalue weighted by Crippen LogP contribution is 2.40. The monoisotopic (exact) mass is 404 g/mol. The molecular formula is C21H25FO3SSi. The molecule has 0 saturated carbocycles. The van der Waals surface area contributed by atoms with Crippen molar-refractivity contribution in [2.24, 2.45) is 0 Å². The number of fused-ring (bicyclic) bond motifs is 1. The van der Waals surface area contributed by atoms with Gasteiger partial charge in [-0.1, -0.05) is 12.1 Å². The Morgan fingerprint density at radius 3 is 2.59 bits per heavy atom. The van der Waals surface area contributed by atoms with Crippen molar-refractivity contribution in [3.05, 3.63) is 52.7 Å². The van der Waals surface area contributed by atoms with Gasteiger partial charge in [0, 0.05) is 22.8 Å². The number of aryl methyl sites for hydroxylation is 1. The van der Waals surface area contributed by atoms with Crippen LogP contribution in [0.1, 0.15) is 11.1 Å². The first-order chi connectivity index (χ1) is 13.0. The lowest BCUT2D eigenvalue weighted by Crippen LogP contribution is -2.06. The van der Waals surface area contributed by atoms with E-state index in [1.165, 1.54) is 11.3 Å². The number of halogens is 1. The number of thiophene rings is 1. The normalized spacial score (nSPS) is 11.5. The van der Waals surface area contributed by atoms with Crippen LogP contribution in [-0.2, 0) is 15.8 Å². The Bertz CT molecular complexity index is 923. The molecule has 0 aliphatic heterocycles. The number of benzene rings is 2. The number of methoxy groups -OCH3 is 1. The Kier molecular flexibility index (Phi) is 6.65. The van der Waals surface area contributed by atoms with Crippen molar-refractivity contribution < 1.29 is 18.3 Å². The third kappa shape index (κ3) is 4.76. The lowest BCUT2D eigenvalue weighted by molar-refractivity contribution is 0.146. The average Bonchev–Trinajstić information content (AvgIpc) is 2.95. The maximum absolute atomic E-state index is 14.8. The Hall–Kier alpha value is -1.73. The minimum Gasteiger partial charge on any atom is -0.491 e. The molecule has 3 nitrogen and oxygen atoms in total. The van der Waals surface area contributed by atoms with Crippen molar-refractivity contribution in [3.63, 3.8) is 0 Å². The topological polar surface area (TPSA) is 27.7 Å². The first kappa shape index (κ1) is 20.0. The summed E-state index contributed by atoms with van der Waals surface area (Å²) in [6.07, 6.45) is 0. The maximum atomic E-state index is 14.8. The van der Waals surface area contributed by atoms with E-state index in [0.29, 0.717) is 25.4 Å². The highest BCUT2D eigenvalue weighted by molar-refractivity contribution is 7.18. The zero-order valence-corrected chi connectivity index (χ0v) is 18.1. The molecule has 1 heterocycles. The summed E-state index contributed by atoms with van der Waals surface area (Å²) >= 11 is 1.19. The van der Waals surface area contributed by atoms with Gasteiger partial charge < -0.3 is 13.9 Å². The van der Waals surface area contributed by atoms with Crippen LogP contribution < -0.4 is 4.74 Å². The fourth-order valence-corrected chi connectivity index (χ4v) is 4.42. The molecule has 0 amide bonds. The van der Waals surface area contributed by atoms with Crippen molar-refractivity contribution in [1.82, 2.24) is 0 Å². The summed E-state index contributed by atoms with van der Waals surface area (Å²) in [4.78, 5) is 0. The van der Waals surface area contributed by atoms with Crippen LogP contribution in [0.25, 0.3) is 21.2 Å². The molecule has 0 unspecified atom stereocenters. The highest BCUT2D eigenvalue weighted by atomic mass is 32.1. The second kappa shape index (κ2) is 8.97. The van der Waals surface area contributed by atoms with Crippen LogP contribution in [0.3, 0.4) is 0 Å². The summed E-state index contributed by atoms with van der Waals surface area (Å²) in [5, 5.41) is 0.789. The van der Waals surface area contributed by atoms with Crippen LogP contribution >= 0.6 is 11.3 Å². The first-order valence-electron chi connectivity index (χ1n) is 9.05. The highest BCUT2D eigenvalue weighted by Gasteiger charge is 2.17. The SMILES string of the molecule is COCCOc1ccc(-c2c(F)sc3ccc(CO[SiH](C)C)cc23)c(C)c1. The maximum Gasteiger partial charge on any atom is 0.185 e. The van der Waals surface area contributed by atoms with Crippen LogP contribution in [0.15, 0.2) is 36.4 Å². The molecule has 0 spiro atoms. The van der Waals surface area contributed by atoms with Gasteiger partial charge in [0.05, 0.1) is 13.2 Å².